The number of carbonyl (C=O) groups is 2. The molecule has 94 valence electrons. The van der Waals surface area contributed by atoms with E-state index in [0.717, 1.165) is 0 Å². The van der Waals surface area contributed by atoms with E-state index < -0.39 is 5.97 Å². The number of ketones is 1. The molecule has 0 bridgehead atoms. The molecule has 0 amide bonds. The molecule has 0 N–H and O–H groups in total. The van der Waals surface area contributed by atoms with Gasteiger partial charge in [0.1, 0.15) is 5.78 Å². The van der Waals surface area contributed by atoms with Crippen molar-refractivity contribution in [2.24, 2.45) is 0 Å². The fourth-order valence-electron chi connectivity index (χ4n) is 1.53. The Bertz CT molecular complexity index is 505. The van der Waals surface area contributed by atoms with Crippen LogP contribution in [-0.2, 0) is 16.0 Å². The molecule has 5 heteroatoms. The van der Waals surface area contributed by atoms with Gasteiger partial charge in [0.05, 0.1) is 29.1 Å². The molecule has 0 saturated carbocycles. The third-order valence-corrected chi connectivity index (χ3v) is 2.94. The number of benzene rings is 1. The number of carbonyl (C=O) groups excluding carboxylic acids is 2. The van der Waals surface area contributed by atoms with Crippen LogP contribution in [0.2, 0.25) is 0 Å². The van der Waals surface area contributed by atoms with Gasteiger partial charge in [0, 0.05) is 6.42 Å². The van der Waals surface area contributed by atoms with Crippen LogP contribution in [0.5, 0.6) is 0 Å². The van der Waals surface area contributed by atoms with Crippen LogP contribution in [0.25, 0.3) is 0 Å². The molecule has 0 saturated heterocycles. The minimum Gasteiger partial charge on any atom is -0.462 e. The molecule has 1 aromatic carbocycles. The summed E-state index contributed by atoms with van der Waals surface area (Å²) in [7, 11) is 0. The van der Waals surface area contributed by atoms with Gasteiger partial charge in [-0.05, 0) is 24.6 Å². The van der Waals surface area contributed by atoms with E-state index >= 15 is 0 Å². The van der Waals surface area contributed by atoms with Crippen LogP contribution in [0.1, 0.15) is 28.4 Å². The molecule has 0 unspecified atom stereocenters. The van der Waals surface area contributed by atoms with Crippen molar-refractivity contribution < 1.29 is 14.3 Å². The zero-order valence-electron chi connectivity index (χ0n) is 9.90. The molecular formula is C13H12BrNO3. The smallest absolute Gasteiger partial charge is 0.338 e. The van der Waals surface area contributed by atoms with Crippen molar-refractivity contribution in [3.63, 3.8) is 0 Å². The Balaban J connectivity index is 3.21. The van der Waals surface area contributed by atoms with E-state index in [2.05, 4.69) is 15.9 Å². The van der Waals surface area contributed by atoms with E-state index in [1.165, 1.54) is 0 Å². The van der Waals surface area contributed by atoms with E-state index in [-0.39, 0.29) is 29.7 Å². The Morgan fingerprint density at radius 3 is 2.72 bits per heavy atom. The highest BCUT2D eigenvalue weighted by molar-refractivity contribution is 9.09. The largest absolute Gasteiger partial charge is 0.462 e. The zero-order valence-corrected chi connectivity index (χ0v) is 11.5. The van der Waals surface area contributed by atoms with Gasteiger partial charge in [0.2, 0.25) is 0 Å². The standard InChI is InChI=1S/C13H12BrNO3/c1-2-18-13(17)11-5-3-4-9(8-15)12(11)6-10(16)7-14/h3-5H,2,6-7H2,1H3. The molecule has 0 spiro atoms. The van der Waals surface area contributed by atoms with Gasteiger partial charge in [-0.2, -0.15) is 5.26 Å². The highest BCUT2D eigenvalue weighted by atomic mass is 79.9. The van der Waals surface area contributed by atoms with Gasteiger partial charge in [-0.3, -0.25) is 4.79 Å². The molecule has 0 aliphatic carbocycles. The first-order chi connectivity index (χ1) is 8.63. The van der Waals surface area contributed by atoms with Crippen molar-refractivity contribution in [1.82, 2.24) is 0 Å². The number of halogens is 1. The Kier molecular flexibility index (Phi) is 5.53. The van der Waals surface area contributed by atoms with Gasteiger partial charge in [-0.15, -0.1) is 0 Å². The minimum atomic E-state index is -0.507. The molecule has 0 heterocycles. The van der Waals surface area contributed by atoms with Crippen LogP contribution in [-0.4, -0.2) is 23.7 Å². The summed E-state index contributed by atoms with van der Waals surface area (Å²) >= 11 is 3.06. The number of hydrogen-bond donors (Lipinski definition) is 0. The van der Waals surface area contributed by atoms with E-state index in [9.17, 15) is 9.59 Å². The monoisotopic (exact) mass is 309 g/mol. The molecule has 0 radical (unpaired) electrons. The minimum absolute atomic E-state index is 0.0448. The zero-order chi connectivity index (χ0) is 13.5. The first-order valence-electron chi connectivity index (χ1n) is 5.40. The second kappa shape index (κ2) is 6.92. The summed E-state index contributed by atoms with van der Waals surface area (Å²) in [6.07, 6.45) is 0.0448. The van der Waals surface area contributed by atoms with Crippen molar-refractivity contribution in [2.45, 2.75) is 13.3 Å². The van der Waals surface area contributed by atoms with Gasteiger partial charge in [-0.25, -0.2) is 4.79 Å². The normalized spacial score (nSPS) is 9.61. The van der Waals surface area contributed by atoms with E-state index in [4.69, 9.17) is 10.00 Å². The van der Waals surface area contributed by atoms with Crippen LogP contribution >= 0.6 is 15.9 Å². The molecule has 0 atom stereocenters. The van der Waals surface area contributed by atoms with Gasteiger partial charge in [0.25, 0.3) is 0 Å². The second-order valence-electron chi connectivity index (χ2n) is 3.51. The Morgan fingerprint density at radius 2 is 2.17 bits per heavy atom. The fourth-order valence-corrected chi connectivity index (χ4v) is 1.72. The molecule has 0 aromatic heterocycles. The van der Waals surface area contributed by atoms with Crippen LogP contribution < -0.4 is 0 Å². The van der Waals surface area contributed by atoms with E-state index in [0.29, 0.717) is 11.1 Å². The third kappa shape index (κ3) is 3.41. The second-order valence-corrected chi connectivity index (χ2v) is 4.07. The van der Waals surface area contributed by atoms with Gasteiger partial charge in [0.15, 0.2) is 0 Å². The predicted octanol–water partition coefficient (Wildman–Crippen LogP) is 2.24. The molecular weight excluding hydrogens is 298 g/mol. The summed E-state index contributed by atoms with van der Waals surface area (Å²) in [4.78, 5) is 23.2. The lowest BCUT2D eigenvalue weighted by atomic mass is 9.97. The molecule has 0 fully saturated rings. The summed E-state index contributed by atoms with van der Waals surface area (Å²) < 4.78 is 4.91. The number of nitrogens with zero attached hydrogens (tertiary/aromatic N) is 1. The number of alkyl halides is 1. The maximum atomic E-state index is 11.7. The number of nitriles is 1. The summed E-state index contributed by atoms with van der Waals surface area (Å²) in [6, 6.07) is 6.74. The molecule has 0 aliphatic rings. The quantitative estimate of drug-likeness (QED) is 0.618. The SMILES string of the molecule is CCOC(=O)c1cccc(C#N)c1CC(=O)CBr. The van der Waals surface area contributed by atoms with Crippen LogP contribution in [0.3, 0.4) is 0 Å². The lowest BCUT2D eigenvalue weighted by Gasteiger charge is -2.09. The fraction of sp³-hybridized carbons (Fsp3) is 0.308. The Morgan fingerprint density at radius 1 is 1.44 bits per heavy atom. The number of rotatable bonds is 5. The maximum Gasteiger partial charge on any atom is 0.338 e. The van der Waals surface area contributed by atoms with Crippen LogP contribution in [0.15, 0.2) is 18.2 Å². The summed E-state index contributed by atoms with van der Waals surface area (Å²) in [5.41, 5.74) is 1.04. The Labute approximate surface area is 114 Å². The number of esters is 1. The number of Topliss-reactive ketones (excluding diaryl/α,β-unsaturated/α-hetero) is 1. The highest BCUT2D eigenvalue weighted by Gasteiger charge is 2.17. The highest BCUT2D eigenvalue weighted by Crippen LogP contribution is 2.17. The molecule has 0 aliphatic heterocycles. The maximum absolute atomic E-state index is 11.7. The molecule has 1 rings (SSSR count). The van der Waals surface area contributed by atoms with E-state index in [1.54, 1.807) is 25.1 Å². The lowest BCUT2D eigenvalue weighted by Crippen LogP contribution is -2.13. The van der Waals surface area contributed by atoms with Gasteiger partial charge >= 0.3 is 5.97 Å². The van der Waals surface area contributed by atoms with Crippen molar-refractivity contribution >= 4 is 27.7 Å². The van der Waals surface area contributed by atoms with Gasteiger partial charge < -0.3 is 4.74 Å². The topological polar surface area (TPSA) is 67.2 Å². The van der Waals surface area contributed by atoms with Crippen LogP contribution in [0, 0.1) is 11.3 Å². The lowest BCUT2D eigenvalue weighted by molar-refractivity contribution is -0.115. The van der Waals surface area contributed by atoms with Crippen molar-refractivity contribution in [1.29, 1.82) is 5.26 Å². The average molecular weight is 310 g/mol. The summed E-state index contributed by atoms with van der Waals surface area (Å²) in [5, 5.41) is 9.20. The molecule has 4 nitrogen and oxygen atoms in total. The number of ether oxygens (including phenoxy) is 1. The molecule has 1 aromatic rings. The van der Waals surface area contributed by atoms with E-state index in [1.807, 2.05) is 6.07 Å². The first kappa shape index (κ1) is 14.4. The summed E-state index contributed by atoms with van der Waals surface area (Å²) in [5.74, 6) is -0.602. The van der Waals surface area contributed by atoms with Gasteiger partial charge in [-0.1, -0.05) is 22.0 Å². The average Bonchev–Trinajstić information content (AvgIpc) is 2.38. The van der Waals surface area contributed by atoms with Crippen molar-refractivity contribution in [2.75, 3.05) is 11.9 Å². The first-order valence-corrected chi connectivity index (χ1v) is 6.53. The predicted molar refractivity (Wildman–Crippen MR) is 69.6 cm³/mol. The van der Waals surface area contributed by atoms with Crippen molar-refractivity contribution in [3.05, 3.63) is 34.9 Å². The Hall–Kier alpha value is -1.67. The number of hydrogen-bond acceptors (Lipinski definition) is 4. The van der Waals surface area contributed by atoms with Crippen molar-refractivity contribution in [3.8, 4) is 6.07 Å². The third-order valence-electron chi connectivity index (χ3n) is 2.31. The molecule has 18 heavy (non-hydrogen) atoms. The van der Waals surface area contributed by atoms with Crippen LogP contribution in [0.4, 0.5) is 0 Å². The summed E-state index contributed by atoms with van der Waals surface area (Å²) in [6.45, 7) is 1.96.